The van der Waals surface area contributed by atoms with Gasteiger partial charge in [0.15, 0.2) is 6.10 Å². The molecule has 1 heterocycles. The van der Waals surface area contributed by atoms with Crippen molar-refractivity contribution in [2.75, 3.05) is 13.2 Å². The van der Waals surface area contributed by atoms with Crippen LogP contribution in [0.15, 0.2) is 0 Å². The molecule has 5 N–H and O–H groups in total. The van der Waals surface area contributed by atoms with E-state index in [1.54, 1.807) is 0 Å². The van der Waals surface area contributed by atoms with Crippen molar-refractivity contribution in [3.05, 3.63) is 0 Å². The Labute approximate surface area is 179 Å². The molecule has 1 rings (SSSR count). The molecule has 0 radical (unpaired) electrons. The Bertz CT molecular complexity index is 1210. The van der Waals surface area contributed by atoms with E-state index >= 15 is 0 Å². The topological polar surface area (TPSA) is 327 Å². The second-order valence-corrected chi connectivity index (χ2v) is 10.6. The Morgan fingerprint density at radius 2 is 1.12 bits per heavy atom. The molecule has 1 saturated heterocycles. The van der Waals surface area contributed by atoms with Crippen molar-refractivity contribution in [3.8, 4) is 0 Å². The zero-order valence-corrected chi connectivity index (χ0v) is 18.5. The Morgan fingerprint density at radius 1 is 0.656 bits per heavy atom. The average Bonchev–Trinajstić information content (AvgIpc) is 2.71. The molecule has 21 nitrogen and oxygen atoms in total. The van der Waals surface area contributed by atoms with Gasteiger partial charge < -0.3 is 4.74 Å². The minimum absolute atomic E-state index is 1.62. The molecule has 0 aromatic carbocycles. The minimum atomic E-state index is -5.87. The Kier molecular flexibility index (Phi) is 8.73. The fourth-order valence-electron chi connectivity index (χ4n) is 2.17. The van der Waals surface area contributed by atoms with Crippen molar-refractivity contribution in [1.82, 2.24) is 0 Å². The lowest BCUT2D eigenvalue weighted by Gasteiger charge is -2.30. The molecular formula is C6H12O21S5. The Balaban J connectivity index is 3.70. The number of hydrogen-bond donors (Lipinski definition) is 5. The third kappa shape index (κ3) is 10.5. The summed E-state index contributed by atoms with van der Waals surface area (Å²) in [6, 6.07) is 0. The molecular weight excluding hydrogens is 568 g/mol. The molecule has 0 aliphatic carbocycles. The van der Waals surface area contributed by atoms with E-state index in [1.807, 2.05) is 0 Å². The van der Waals surface area contributed by atoms with Gasteiger partial charge in [-0.05, 0) is 0 Å². The summed E-state index contributed by atoms with van der Waals surface area (Å²) in [6.45, 7) is -3.65. The smallest absolute Gasteiger partial charge is 0.336 e. The average molecular weight is 580 g/mol. The first-order valence-corrected chi connectivity index (χ1v) is 13.6. The molecule has 0 unspecified atom stereocenters. The first-order valence-electron chi connectivity index (χ1n) is 6.82. The fourth-order valence-corrected chi connectivity index (χ4v) is 4.35. The summed E-state index contributed by atoms with van der Waals surface area (Å²) in [5, 5.41) is 0. The molecule has 26 heteroatoms. The van der Waals surface area contributed by atoms with Crippen LogP contribution in [-0.4, -0.2) is 102 Å². The predicted molar refractivity (Wildman–Crippen MR) is 88.1 cm³/mol. The molecule has 32 heavy (non-hydrogen) atoms. The minimum Gasteiger partial charge on any atom is -0.336 e. The summed E-state index contributed by atoms with van der Waals surface area (Å²) in [7, 11) is -28.3. The number of ether oxygens (including phenoxy) is 1. The molecule has 1 aliphatic rings. The third-order valence-electron chi connectivity index (χ3n) is 2.94. The number of hydrogen-bond acceptors (Lipinski definition) is 16. The summed E-state index contributed by atoms with van der Waals surface area (Å²) in [5.41, 5.74) is 0. The van der Waals surface area contributed by atoms with Crippen LogP contribution in [0, 0.1) is 0 Å². The SMILES string of the molecule is O=S(=O)(O)OC[C@H]1O[C@@](COS(=O)(=O)O)(OS(=O)(=O)O)[C@@H](OS(=O)(=O)O)[C@@H]1OS(=O)(=O)O. The largest absolute Gasteiger partial charge is 0.400 e. The summed E-state index contributed by atoms with van der Waals surface area (Å²) < 4.78 is 178. The molecule has 0 aromatic heterocycles. The van der Waals surface area contributed by atoms with Crippen LogP contribution < -0.4 is 0 Å². The summed E-state index contributed by atoms with van der Waals surface area (Å²) in [5.74, 6) is -3.72. The van der Waals surface area contributed by atoms with Crippen LogP contribution in [0.3, 0.4) is 0 Å². The van der Waals surface area contributed by atoms with E-state index in [0.29, 0.717) is 0 Å². The van der Waals surface area contributed by atoms with E-state index in [0.717, 1.165) is 0 Å². The predicted octanol–water partition coefficient (Wildman–Crippen LogP) is -4.08. The van der Waals surface area contributed by atoms with Crippen LogP contribution in [0.1, 0.15) is 0 Å². The Morgan fingerprint density at radius 3 is 1.50 bits per heavy atom. The fraction of sp³-hybridized carbons (Fsp3) is 1.00. The van der Waals surface area contributed by atoms with Crippen LogP contribution in [0.4, 0.5) is 0 Å². The van der Waals surface area contributed by atoms with Crippen molar-refractivity contribution in [1.29, 1.82) is 0 Å². The number of rotatable bonds is 12. The van der Waals surface area contributed by atoms with Gasteiger partial charge in [-0.25, -0.2) is 20.9 Å². The van der Waals surface area contributed by atoms with Crippen LogP contribution in [0.25, 0.3) is 0 Å². The maximum Gasteiger partial charge on any atom is 0.400 e. The van der Waals surface area contributed by atoms with E-state index in [9.17, 15) is 42.1 Å². The highest BCUT2D eigenvalue weighted by Gasteiger charge is 2.64. The molecule has 4 atom stereocenters. The van der Waals surface area contributed by atoms with E-state index < -0.39 is 89.3 Å². The van der Waals surface area contributed by atoms with Gasteiger partial charge in [0.1, 0.15) is 18.8 Å². The standard InChI is InChI=1S/C6H12O21S5/c7-28(8,9)22-1-3-4(25-30(13,14)15)5(26-31(16,17)18)6(24-3,27-32(19,20)21)2-23-29(10,11)12/h3-5H,1-2H2,(H,7,8,9)(H,10,11,12)(H,13,14,15)(H,16,17,18)(H,19,20,21)/t3-,4-,5+,6+/m1/s1. The molecule has 0 amide bonds. The molecule has 0 spiro atoms. The molecule has 0 saturated carbocycles. The maximum absolute atomic E-state index is 11.2. The summed E-state index contributed by atoms with van der Waals surface area (Å²) >= 11 is 0. The van der Waals surface area contributed by atoms with Crippen LogP contribution in [0.5, 0.6) is 0 Å². The first-order chi connectivity index (χ1) is 13.9. The van der Waals surface area contributed by atoms with Crippen molar-refractivity contribution in [2.24, 2.45) is 0 Å². The van der Waals surface area contributed by atoms with E-state index in [4.69, 9.17) is 22.8 Å². The highest BCUT2D eigenvalue weighted by atomic mass is 32.3. The lowest BCUT2D eigenvalue weighted by Crippen LogP contribution is -2.53. The van der Waals surface area contributed by atoms with Crippen LogP contribution in [0.2, 0.25) is 0 Å². The van der Waals surface area contributed by atoms with E-state index in [-0.39, 0.29) is 0 Å². The molecule has 0 bridgehead atoms. The molecule has 192 valence electrons. The molecule has 1 aliphatic heterocycles. The van der Waals surface area contributed by atoms with Crippen molar-refractivity contribution in [3.63, 3.8) is 0 Å². The third-order valence-corrected chi connectivity index (χ3v) is 5.20. The quantitative estimate of drug-likeness (QED) is 0.137. The van der Waals surface area contributed by atoms with Crippen LogP contribution >= 0.6 is 0 Å². The first kappa shape index (κ1) is 29.3. The van der Waals surface area contributed by atoms with Crippen molar-refractivity contribution in [2.45, 2.75) is 24.1 Å². The lowest BCUT2D eigenvalue weighted by atomic mass is 10.1. The van der Waals surface area contributed by atoms with Crippen molar-refractivity contribution >= 4 is 52.0 Å². The van der Waals surface area contributed by atoms with Gasteiger partial charge in [-0.2, -0.15) is 42.1 Å². The zero-order chi connectivity index (χ0) is 25.4. The van der Waals surface area contributed by atoms with Crippen LogP contribution in [-0.2, 0) is 77.6 Å². The van der Waals surface area contributed by atoms with Gasteiger partial charge in [-0.3, -0.25) is 22.8 Å². The second-order valence-electron chi connectivity index (χ2n) is 5.31. The van der Waals surface area contributed by atoms with Gasteiger partial charge in [0, 0.05) is 0 Å². The summed E-state index contributed by atoms with van der Waals surface area (Å²) in [6.07, 6.45) is -8.38. The molecule has 0 aromatic rings. The van der Waals surface area contributed by atoms with Gasteiger partial charge in [0.2, 0.25) is 5.79 Å². The second kappa shape index (κ2) is 9.52. The van der Waals surface area contributed by atoms with Gasteiger partial charge in [0.05, 0.1) is 6.61 Å². The summed E-state index contributed by atoms with van der Waals surface area (Å²) in [4.78, 5) is 0. The van der Waals surface area contributed by atoms with Crippen molar-refractivity contribution < 1.29 is 90.5 Å². The normalized spacial score (nSPS) is 28.1. The van der Waals surface area contributed by atoms with E-state index in [2.05, 4.69) is 25.7 Å². The van der Waals surface area contributed by atoms with E-state index in [1.165, 1.54) is 0 Å². The highest BCUT2D eigenvalue weighted by Crippen LogP contribution is 2.39. The zero-order valence-electron chi connectivity index (χ0n) is 14.5. The monoisotopic (exact) mass is 580 g/mol. The van der Waals surface area contributed by atoms with Gasteiger partial charge >= 0.3 is 52.0 Å². The lowest BCUT2D eigenvalue weighted by molar-refractivity contribution is -0.222. The molecule has 1 fully saturated rings. The van der Waals surface area contributed by atoms with Gasteiger partial charge in [0.25, 0.3) is 0 Å². The highest BCUT2D eigenvalue weighted by molar-refractivity contribution is 7.82. The Hall–Kier alpha value is -0.690. The van der Waals surface area contributed by atoms with Gasteiger partial charge in [-0.15, -0.1) is 0 Å². The van der Waals surface area contributed by atoms with Gasteiger partial charge in [-0.1, -0.05) is 0 Å². The maximum atomic E-state index is 11.2.